The van der Waals surface area contributed by atoms with E-state index >= 15 is 0 Å². The molecule has 1 rings (SSSR count). The molecule has 5 nitrogen and oxygen atoms in total. The van der Waals surface area contributed by atoms with Gasteiger partial charge >= 0.3 is 0 Å². The first-order chi connectivity index (χ1) is 5.86. The monoisotopic (exact) mass is 185 g/mol. The van der Waals surface area contributed by atoms with Crippen LogP contribution in [0.15, 0.2) is 11.5 Å². The summed E-state index contributed by atoms with van der Waals surface area (Å²) in [6.45, 7) is 1.25. The third kappa shape index (κ3) is 2.63. The van der Waals surface area contributed by atoms with Gasteiger partial charge in [0.25, 0.3) is 0 Å². The molecule has 0 atom stereocenters. The van der Waals surface area contributed by atoms with Crippen molar-refractivity contribution in [1.29, 1.82) is 0 Å². The number of anilines is 1. The van der Waals surface area contributed by atoms with Crippen LogP contribution in [-0.4, -0.2) is 34.3 Å². The first-order valence-corrected chi connectivity index (χ1v) is 4.76. The summed E-state index contributed by atoms with van der Waals surface area (Å²) in [4.78, 5) is 12.0. The van der Waals surface area contributed by atoms with Gasteiger partial charge in [-0.3, -0.25) is 0 Å². The van der Waals surface area contributed by atoms with Crippen molar-refractivity contribution in [1.82, 2.24) is 15.0 Å². The number of thioether (sulfide) groups is 1. The Balaban J connectivity index is 2.60. The summed E-state index contributed by atoms with van der Waals surface area (Å²) in [5.74, 6) is 0.583. The molecule has 0 unspecified atom stereocenters. The SMILES string of the molecule is CSc1ncnc(NCCN)n1. The number of hydrogen-bond acceptors (Lipinski definition) is 6. The summed E-state index contributed by atoms with van der Waals surface area (Å²) in [5.41, 5.74) is 5.31. The number of rotatable bonds is 4. The predicted molar refractivity (Wildman–Crippen MR) is 49.2 cm³/mol. The average molecular weight is 185 g/mol. The van der Waals surface area contributed by atoms with Gasteiger partial charge in [-0.25, -0.2) is 9.97 Å². The molecular weight excluding hydrogens is 174 g/mol. The summed E-state index contributed by atoms with van der Waals surface area (Å²) in [6.07, 6.45) is 3.40. The molecular formula is C6H11N5S. The molecule has 0 aliphatic heterocycles. The van der Waals surface area contributed by atoms with Crippen molar-refractivity contribution in [2.24, 2.45) is 5.73 Å². The van der Waals surface area contributed by atoms with Crippen LogP contribution in [0.3, 0.4) is 0 Å². The van der Waals surface area contributed by atoms with Gasteiger partial charge in [0.15, 0.2) is 5.16 Å². The standard InChI is InChI=1S/C6H11N5S/c1-12-6-10-4-9-5(11-6)8-3-2-7/h4H,2-3,7H2,1H3,(H,8,9,10,11). The second kappa shape index (κ2) is 4.89. The third-order valence-electron chi connectivity index (χ3n) is 1.16. The molecule has 0 fully saturated rings. The molecule has 1 aromatic rings. The normalized spacial score (nSPS) is 9.83. The minimum Gasteiger partial charge on any atom is -0.353 e. The van der Waals surface area contributed by atoms with E-state index in [-0.39, 0.29) is 0 Å². The molecule has 1 heterocycles. The molecule has 0 aromatic carbocycles. The number of hydrogen-bond donors (Lipinski definition) is 2. The molecule has 0 bridgehead atoms. The Bertz CT molecular complexity index is 241. The largest absolute Gasteiger partial charge is 0.353 e. The zero-order chi connectivity index (χ0) is 8.81. The lowest BCUT2D eigenvalue weighted by atomic mass is 10.6. The van der Waals surface area contributed by atoms with E-state index in [2.05, 4.69) is 20.3 Å². The number of nitrogens with one attached hydrogen (secondary N) is 1. The first-order valence-electron chi connectivity index (χ1n) is 3.53. The third-order valence-corrected chi connectivity index (χ3v) is 1.72. The van der Waals surface area contributed by atoms with Gasteiger partial charge in [-0.15, -0.1) is 0 Å². The molecule has 0 aliphatic carbocycles. The van der Waals surface area contributed by atoms with Crippen LogP contribution < -0.4 is 11.1 Å². The van der Waals surface area contributed by atoms with Crippen LogP contribution in [0.2, 0.25) is 0 Å². The van der Waals surface area contributed by atoms with Crippen LogP contribution in [0.1, 0.15) is 0 Å². The van der Waals surface area contributed by atoms with Crippen molar-refractivity contribution in [3.8, 4) is 0 Å². The lowest BCUT2D eigenvalue weighted by Gasteiger charge is -2.01. The number of nitrogens with zero attached hydrogens (tertiary/aromatic N) is 3. The van der Waals surface area contributed by atoms with E-state index in [1.807, 2.05) is 6.26 Å². The van der Waals surface area contributed by atoms with Gasteiger partial charge in [0.1, 0.15) is 6.33 Å². The highest BCUT2D eigenvalue weighted by atomic mass is 32.2. The zero-order valence-corrected chi connectivity index (χ0v) is 7.64. The lowest BCUT2D eigenvalue weighted by Crippen LogP contribution is -2.15. The van der Waals surface area contributed by atoms with Gasteiger partial charge in [0.2, 0.25) is 5.95 Å². The van der Waals surface area contributed by atoms with Crippen molar-refractivity contribution >= 4 is 17.7 Å². The topological polar surface area (TPSA) is 76.7 Å². The molecule has 1 aromatic heterocycles. The second-order valence-electron chi connectivity index (χ2n) is 2.01. The predicted octanol–water partition coefficient (Wildman–Crippen LogP) is -0.0359. The number of aromatic nitrogens is 3. The van der Waals surface area contributed by atoms with Crippen molar-refractivity contribution in [2.75, 3.05) is 24.7 Å². The van der Waals surface area contributed by atoms with Gasteiger partial charge in [-0.05, 0) is 6.26 Å². The van der Waals surface area contributed by atoms with Gasteiger partial charge in [0.05, 0.1) is 0 Å². The van der Waals surface area contributed by atoms with Gasteiger partial charge in [-0.1, -0.05) is 11.8 Å². The maximum absolute atomic E-state index is 5.31. The minimum absolute atomic E-state index is 0.570. The fourth-order valence-electron chi connectivity index (χ4n) is 0.649. The van der Waals surface area contributed by atoms with E-state index in [1.165, 1.54) is 18.1 Å². The van der Waals surface area contributed by atoms with Crippen molar-refractivity contribution in [3.05, 3.63) is 6.33 Å². The highest BCUT2D eigenvalue weighted by Gasteiger charge is 1.96. The molecule has 0 radical (unpaired) electrons. The highest BCUT2D eigenvalue weighted by Crippen LogP contribution is 2.07. The Labute approximate surface area is 75.2 Å². The van der Waals surface area contributed by atoms with Crippen molar-refractivity contribution < 1.29 is 0 Å². The van der Waals surface area contributed by atoms with E-state index in [9.17, 15) is 0 Å². The Morgan fingerprint density at radius 3 is 3.08 bits per heavy atom. The van der Waals surface area contributed by atoms with Crippen LogP contribution in [0.25, 0.3) is 0 Å². The highest BCUT2D eigenvalue weighted by molar-refractivity contribution is 7.98. The lowest BCUT2D eigenvalue weighted by molar-refractivity contribution is 0.888. The number of nitrogens with two attached hydrogens (primary N) is 1. The summed E-state index contributed by atoms with van der Waals surface area (Å²) in [7, 11) is 0. The Kier molecular flexibility index (Phi) is 3.75. The summed E-state index contributed by atoms with van der Waals surface area (Å²) in [6, 6.07) is 0. The average Bonchev–Trinajstić information content (AvgIpc) is 2.15. The second-order valence-corrected chi connectivity index (χ2v) is 2.78. The Morgan fingerprint density at radius 2 is 2.42 bits per heavy atom. The van der Waals surface area contributed by atoms with Gasteiger partial charge < -0.3 is 11.1 Å². The Hall–Kier alpha value is -0.880. The molecule has 0 amide bonds. The van der Waals surface area contributed by atoms with E-state index in [1.54, 1.807) is 0 Å². The quantitative estimate of drug-likeness (QED) is 0.641. The minimum atomic E-state index is 0.570. The van der Waals surface area contributed by atoms with Crippen LogP contribution in [-0.2, 0) is 0 Å². The van der Waals surface area contributed by atoms with Crippen LogP contribution in [0.4, 0.5) is 5.95 Å². The fourth-order valence-corrected chi connectivity index (χ4v) is 0.979. The smallest absolute Gasteiger partial charge is 0.226 e. The molecule has 12 heavy (non-hydrogen) atoms. The molecule has 0 saturated heterocycles. The first kappa shape index (κ1) is 9.21. The van der Waals surface area contributed by atoms with E-state index in [4.69, 9.17) is 5.73 Å². The summed E-state index contributed by atoms with van der Waals surface area (Å²) < 4.78 is 0. The van der Waals surface area contributed by atoms with Crippen LogP contribution in [0.5, 0.6) is 0 Å². The van der Waals surface area contributed by atoms with Gasteiger partial charge in [0, 0.05) is 13.1 Å². The fraction of sp³-hybridized carbons (Fsp3) is 0.500. The molecule has 0 aliphatic rings. The summed E-state index contributed by atoms with van der Waals surface area (Å²) in [5, 5.41) is 3.68. The molecule has 3 N–H and O–H groups in total. The Morgan fingerprint density at radius 1 is 1.58 bits per heavy atom. The van der Waals surface area contributed by atoms with Crippen molar-refractivity contribution in [3.63, 3.8) is 0 Å². The molecule has 66 valence electrons. The van der Waals surface area contributed by atoms with Crippen LogP contribution in [0, 0.1) is 0 Å². The molecule has 6 heteroatoms. The van der Waals surface area contributed by atoms with E-state index in [0.717, 1.165) is 0 Å². The zero-order valence-electron chi connectivity index (χ0n) is 6.82. The van der Waals surface area contributed by atoms with E-state index in [0.29, 0.717) is 24.2 Å². The molecule has 0 saturated carbocycles. The van der Waals surface area contributed by atoms with Crippen molar-refractivity contribution in [2.45, 2.75) is 5.16 Å². The van der Waals surface area contributed by atoms with Gasteiger partial charge in [-0.2, -0.15) is 4.98 Å². The molecule has 0 spiro atoms. The maximum Gasteiger partial charge on any atom is 0.226 e. The summed E-state index contributed by atoms with van der Waals surface area (Å²) >= 11 is 1.48. The maximum atomic E-state index is 5.31. The van der Waals surface area contributed by atoms with E-state index < -0.39 is 0 Å². The van der Waals surface area contributed by atoms with Crippen LogP contribution >= 0.6 is 11.8 Å².